The Kier molecular flexibility index (Phi) is 5.79. The predicted molar refractivity (Wildman–Crippen MR) is 91.9 cm³/mol. The zero-order valence-corrected chi connectivity index (χ0v) is 14.1. The van der Waals surface area contributed by atoms with E-state index in [4.69, 9.17) is 0 Å². The Morgan fingerprint density at radius 2 is 2.15 bits per heavy atom. The molecule has 1 aromatic carbocycles. The van der Waals surface area contributed by atoms with Crippen molar-refractivity contribution in [1.82, 2.24) is 5.32 Å². The summed E-state index contributed by atoms with van der Waals surface area (Å²) >= 11 is 1.93. The third-order valence-electron chi connectivity index (χ3n) is 4.21. The number of hydrogen-bond acceptors (Lipinski definition) is 3. The van der Waals surface area contributed by atoms with Crippen LogP contribution in [-0.2, 0) is 6.54 Å². The number of nitrogens with zero attached hydrogens (tertiary/aromatic N) is 1. The summed E-state index contributed by atoms with van der Waals surface area (Å²) in [4.78, 5) is 2.42. The van der Waals surface area contributed by atoms with Crippen molar-refractivity contribution in [2.75, 3.05) is 24.0 Å². The van der Waals surface area contributed by atoms with Crippen LogP contribution < -0.4 is 10.2 Å². The molecule has 1 saturated carbocycles. The lowest BCUT2D eigenvalue weighted by Gasteiger charge is -2.28. The Morgan fingerprint density at radius 1 is 1.40 bits per heavy atom. The second-order valence-corrected chi connectivity index (χ2v) is 7.00. The van der Waals surface area contributed by atoms with E-state index in [1.807, 2.05) is 11.8 Å². The van der Waals surface area contributed by atoms with Crippen LogP contribution in [0.15, 0.2) is 18.2 Å². The van der Waals surface area contributed by atoms with Crippen LogP contribution in [0.1, 0.15) is 37.3 Å². The van der Waals surface area contributed by atoms with Crippen molar-refractivity contribution in [3.63, 3.8) is 0 Å². The number of benzene rings is 1. The van der Waals surface area contributed by atoms with Crippen LogP contribution in [0.2, 0.25) is 0 Å². The summed E-state index contributed by atoms with van der Waals surface area (Å²) < 4.78 is 0. The van der Waals surface area contributed by atoms with Gasteiger partial charge in [0.2, 0.25) is 0 Å². The normalized spacial score (nSPS) is 16.2. The molecule has 1 unspecified atom stereocenters. The van der Waals surface area contributed by atoms with E-state index in [2.05, 4.69) is 55.6 Å². The SMILES string of the molecule is CSCCC(C)N(C)c1ccc(CNC2CC2)cc1C. The van der Waals surface area contributed by atoms with E-state index in [9.17, 15) is 0 Å². The van der Waals surface area contributed by atoms with Gasteiger partial charge in [0.1, 0.15) is 0 Å². The van der Waals surface area contributed by atoms with Gasteiger partial charge in [0.25, 0.3) is 0 Å². The van der Waals surface area contributed by atoms with Gasteiger partial charge >= 0.3 is 0 Å². The number of anilines is 1. The van der Waals surface area contributed by atoms with E-state index in [-0.39, 0.29) is 0 Å². The van der Waals surface area contributed by atoms with Crippen molar-refractivity contribution >= 4 is 17.4 Å². The molecule has 0 aliphatic heterocycles. The largest absolute Gasteiger partial charge is 0.372 e. The van der Waals surface area contributed by atoms with Gasteiger partial charge in [-0.25, -0.2) is 0 Å². The molecule has 1 aromatic rings. The maximum Gasteiger partial charge on any atom is 0.0395 e. The smallest absolute Gasteiger partial charge is 0.0395 e. The molecule has 20 heavy (non-hydrogen) atoms. The topological polar surface area (TPSA) is 15.3 Å². The molecule has 0 aromatic heterocycles. The van der Waals surface area contributed by atoms with Gasteiger partial charge in [0.15, 0.2) is 0 Å². The van der Waals surface area contributed by atoms with E-state index < -0.39 is 0 Å². The van der Waals surface area contributed by atoms with E-state index in [1.54, 1.807) is 0 Å². The minimum Gasteiger partial charge on any atom is -0.372 e. The lowest BCUT2D eigenvalue weighted by atomic mass is 10.1. The van der Waals surface area contributed by atoms with Gasteiger partial charge in [0.05, 0.1) is 0 Å². The molecule has 2 nitrogen and oxygen atoms in total. The molecule has 112 valence electrons. The zero-order chi connectivity index (χ0) is 14.5. The average Bonchev–Trinajstić information content (AvgIpc) is 3.26. The summed E-state index contributed by atoms with van der Waals surface area (Å²) in [6.07, 6.45) is 6.13. The first-order valence-corrected chi connectivity index (χ1v) is 9.06. The summed E-state index contributed by atoms with van der Waals surface area (Å²) in [5, 5.41) is 3.58. The maximum atomic E-state index is 3.58. The fourth-order valence-electron chi connectivity index (χ4n) is 2.49. The van der Waals surface area contributed by atoms with Crippen molar-refractivity contribution in [3.05, 3.63) is 29.3 Å². The minimum atomic E-state index is 0.594. The number of hydrogen-bond donors (Lipinski definition) is 1. The fourth-order valence-corrected chi connectivity index (χ4v) is 3.07. The Hall–Kier alpha value is -0.670. The molecule has 1 aliphatic carbocycles. The lowest BCUT2D eigenvalue weighted by Crippen LogP contribution is -2.30. The number of nitrogens with one attached hydrogen (secondary N) is 1. The van der Waals surface area contributed by atoms with Gasteiger partial charge in [-0.1, -0.05) is 12.1 Å². The van der Waals surface area contributed by atoms with Gasteiger partial charge in [-0.3, -0.25) is 0 Å². The Balaban J connectivity index is 1.96. The van der Waals surface area contributed by atoms with Gasteiger partial charge < -0.3 is 10.2 Å². The van der Waals surface area contributed by atoms with Crippen LogP contribution in [0.4, 0.5) is 5.69 Å². The van der Waals surface area contributed by atoms with E-state index in [0.29, 0.717) is 6.04 Å². The Bertz CT molecular complexity index is 429. The Labute approximate surface area is 128 Å². The molecular weight excluding hydrogens is 264 g/mol. The predicted octanol–water partition coefficient (Wildman–Crippen LogP) is 3.82. The van der Waals surface area contributed by atoms with Crippen LogP contribution in [-0.4, -0.2) is 31.1 Å². The highest BCUT2D eigenvalue weighted by Crippen LogP contribution is 2.24. The van der Waals surface area contributed by atoms with Gasteiger partial charge in [-0.15, -0.1) is 0 Å². The standard InChI is InChI=1S/C17H28N2S/c1-13-11-15(12-18-16-6-7-16)5-8-17(13)19(3)14(2)9-10-20-4/h5,8,11,14,16,18H,6-7,9-10,12H2,1-4H3. The summed E-state index contributed by atoms with van der Waals surface area (Å²) in [7, 11) is 2.22. The van der Waals surface area contributed by atoms with Gasteiger partial charge in [-0.05, 0) is 62.3 Å². The monoisotopic (exact) mass is 292 g/mol. The molecule has 1 fully saturated rings. The van der Waals surface area contributed by atoms with Crippen molar-refractivity contribution in [2.24, 2.45) is 0 Å². The molecule has 0 heterocycles. The first-order chi connectivity index (χ1) is 9.61. The first kappa shape index (κ1) is 15.7. The minimum absolute atomic E-state index is 0.594. The van der Waals surface area contributed by atoms with Crippen molar-refractivity contribution in [1.29, 1.82) is 0 Å². The van der Waals surface area contributed by atoms with Crippen LogP contribution >= 0.6 is 11.8 Å². The highest BCUT2D eigenvalue weighted by Gasteiger charge is 2.20. The molecule has 1 atom stereocenters. The van der Waals surface area contributed by atoms with Crippen molar-refractivity contribution in [2.45, 2.75) is 51.7 Å². The summed E-state index contributed by atoms with van der Waals surface area (Å²) in [5.74, 6) is 1.23. The third kappa shape index (κ3) is 4.42. The molecule has 3 heteroatoms. The molecular formula is C17H28N2S. The highest BCUT2D eigenvalue weighted by molar-refractivity contribution is 7.98. The molecule has 0 saturated heterocycles. The Morgan fingerprint density at radius 3 is 2.75 bits per heavy atom. The molecule has 0 amide bonds. The number of rotatable bonds is 8. The fraction of sp³-hybridized carbons (Fsp3) is 0.647. The lowest BCUT2D eigenvalue weighted by molar-refractivity contribution is 0.666. The number of thioether (sulfide) groups is 1. The van der Waals surface area contributed by atoms with Crippen LogP contribution in [0.5, 0.6) is 0 Å². The first-order valence-electron chi connectivity index (χ1n) is 7.66. The van der Waals surface area contributed by atoms with Crippen LogP contribution in [0, 0.1) is 6.92 Å². The van der Waals surface area contributed by atoms with Crippen LogP contribution in [0.25, 0.3) is 0 Å². The van der Waals surface area contributed by atoms with Crippen molar-refractivity contribution in [3.8, 4) is 0 Å². The second kappa shape index (κ2) is 7.37. The zero-order valence-electron chi connectivity index (χ0n) is 13.3. The quantitative estimate of drug-likeness (QED) is 0.784. The van der Waals surface area contributed by atoms with Crippen LogP contribution in [0.3, 0.4) is 0 Å². The summed E-state index contributed by atoms with van der Waals surface area (Å²) in [6.45, 7) is 5.56. The molecule has 0 spiro atoms. The maximum absolute atomic E-state index is 3.58. The molecule has 1 aliphatic rings. The summed E-state index contributed by atoms with van der Waals surface area (Å²) in [5.41, 5.74) is 4.16. The third-order valence-corrected chi connectivity index (χ3v) is 4.86. The van der Waals surface area contributed by atoms with Gasteiger partial charge in [-0.2, -0.15) is 11.8 Å². The summed E-state index contributed by atoms with van der Waals surface area (Å²) in [6, 6.07) is 8.27. The van der Waals surface area contributed by atoms with Crippen molar-refractivity contribution < 1.29 is 0 Å². The van der Waals surface area contributed by atoms with Gasteiger partial charge in [0, 0.05) is 31.4 Å². The molecule has 2 rings (SSSR count). The second-order valence-electron chi connectivity index (χ2n) is 6.02. The molecule has 0 bridgehead atoms. The highest BCUT2D eigenvalue weighted by atomic mass is 32.2. The molecule has 1 N–H and O–H groups in total. The van der Waals surface area contributed by atoms with E-state index >= 15 is 0 Å². The average molecular weight is 292 g/mol. The number of aryl methyl sites for hydroxylation is 1. The molecule has 0 radical (unpaired) electrons. The van der Waals surface area contributed by atoms with E-state index in [0.717, 1.165) is 12.6 Å². The van der Waals surface area contributed by atoms with E-state index in [1.165, 1.54) is 41.8 Å².